The van der Waals surface area contributed by atoms with Crippen molar-refractivity contribution in [3.8, 4) is 11.5 Å². The van der Waals surface area contributed by atoms with E-state index in [9.17, 15) is 9.59 Å². The van der Waals surface area contributed by atoms with Gasteiger partial charge in [0, 0.05) is 36.4 Å². The van der Waals surface area contributed by atoms with E-state index in [0.717, 1.165) is 17.7 Å². The Morgan fingerprint density at radius 2 is 1.93 bits per heavy atom. The summed E-state index contributed by atoms with van der Waals surface area (Å²) < 4.78 is 16.3. The maximum atomic E-state index is 13.1. The number of ether oxygens (including phenoxy) is 3. The molecular formula is C22H24N2O5S. The lowest BCUT2D eigenvalue weighted by molar-refractivity contribution is -0.137. The molecule has 1 aromatic heterocycles. The molecule has 2 aliphatic heterocycles. The highest BCUT2D eigenvalue weighted by Crippen LogP contribution is 2.37. The molecule has 2 aliphatic rings. The van der Waals surface area contributed by atoms with Crippen molar-refractivity contribution in [1.29, 1.82) is 0 Å². The number of thiophene rings is 1. The Kier molecular flexibility index (Phi) is 6.35. The highest BCUT2D eigenvalue weighted by Gasteiger charge is 2.39. The van der Waals surface area contributed by atoms with Crippen LogP contribution in [0.5, 0.6) is 11.5 Å². The fourth-order valence-corrected chi connectivity index (χ4v) is 4.10. The molecule has 2 aromatic rings. The van der Waals surface area contributed by atoms with Crippen LogP contribution in [0.1, 0.15) is 31.1 Å². The van der Waals surface area contributed by atoms with Crippen LogP contribution in [-0.2, 0) is 14.3 Å². The summed E-state index contributed by atoms with van der Waals surface area (Å²) in [7, 11) is 0. The van der Waals surface area contributed by atoms with Crippen LogP contribution >= 0.6 is 11.3 Å². The highest BCUT2D eigenvalue weighted by atomic mass is 32.1. The number of carbonyl (C=O) groups excluding carboxylic acids is 2. The standard InChI is InChI=1S/C22H24N2O5S/c1-2-3-10-27-11-5-9-24-21(25)19(18-6-4-12-30-18)20(22(24)26)23-15-7-8-16-17(13-15)29-14-28-16/h4,6-8,12-13,23H,2-3,5,9-11,14H2,1H3. The smallest absolute Gasteiger partial charge is 0.278 e. The van der Waals surface area contributed by atoms with Crippen LogP contribution in [-0.4, -0.2) is 43.3 Å². The van der Waals surface area contributed by atoms with Crippen LogP contribution in [0, 0.1) is 0 Å². The molecule has 0 radical (unpaired) electrons. The first kappa shape index (κ1) is 20.4. The minimum absolute atomic E-state index is 0.174. The lowest BCUT2D eigenvalue weighted by atomic mass is 10.2. The third kappa shape index (κ3) is 4.20. The molecule has 0 saturated carbocycles. The Morgan fingerprint density at radius 3 is 2.73 bits per heavy atom. The normalized spacial score (nSPS) is 15.4. The van der Waals surface area contributed by atoms with E-state index in [-0.39, 0.29) is 24.3 Å². The van der Waals surface area contributed by atoms with Crippen LogP contribution in [0.4, 0.5) is 5.69 Å². The molecule has 8 heteroatoms. The zero-order chi connectivity index (χ0) is 20.9. The summed E-state index contributed by atoms with van der Waals surface area (Å²) in [6.07, 6.45) is 2.69. The molecule has 2 amide bonds. The lowest BCUT2D eigenvalue weighted by Crippen LogP contribution is -2.34. The molecule has 0 spiro atoms. The van der Waals surface area contributed by atoms with E-state index in [2.05, 4.69) is 12.2 Å². The van der Waals surface area contributed by atoms with Crippen molar-refractivity contribution in [2.45, 2.75) is 26.2 Å². The van der Waals surface area contributed by atoms with Gasteiger partial charge in [-0.2, -0.15) is 0 Å². The van der Waals surface area contributed by atoms with E-state index >= 15 is 0 Å². The molecular weight excluding hydrogens is 404 g/mol. The number of unbranched alkanes of at least 4 members (excludes halogenated alkanes) is 1. The summed E-state index contributed by atoms with van der Waals surface area (Å²) in [4.78, 5) is 28.3. The Morgan fingerprint density at radius 1 is 1.10 bits per heavy atom. The van der Waals surface area contributed by atoms with Crippen molar-refractivity contribution in [2.24, 2.45) is 0 Å². The number of carbonyl (C=O) groups is 2. The quantitative estimate of drug-likeness (QED) is 0.457. The Labute approximate surface area is 179 Å². The van der Waals surface area contributed by atoms with E-state index < -0.39 is 0 Å². The van der Waals surface area contributed by atoms with Crippen LogP contribution in [0.3, 0.4) is 0 Å². The maximum Gasteiger partial charge on any atom is 0.278 e. The minimum atomic E-state index is -0.324. The molecule has 3 heterocycles. The summed E-state index contributed by atoms with van der Waals surface area (Å²) in [5.41, 5.74) is 1.35. The van der Waals surface area contributed by atoms with Crippen LogP contribution in [0.2, 0.25) is 0 Å². The van der Waals surface area contributed by atoms with Crippen molar-refractivity contribution in [2.75, 3.05) is 31.9 Å². The molecule has 4 rings (SSSR count). The first-order valence-electron chi connectivity index (χ1n) is 10.1. The molecule has 0 saturated heterocycles. The van der Waals surface area contributed by atoms with Crippen molar-refractivity contribution in [3.63, 3.8) is 0 Å². The molecule has 158 valence electrons. The monoisotopic (exact) mass is 428 g/mol. The molecule has 0 atom stereocenters. The van der Waals surface area contributed by atoms with Crippen LogP contribution in [0.15, 0.2) is 41.4 Å². The molecule has 7 nitrogen and oxygen atoms in total. The molecule has 1 N–H and O–H groups in total. The van der Waals surface area contributed by atoms with Gasteiger partial charge in [-0.3, -0.25) is 14.5 Å². The first-order valence-corrected chi connectivity index (χ1v) is 11.0. The van der Waals surface area contributed by atoms with E-state index in [0.29, 0.717) is 48.9 Å². The highest BCUT2D eigenvalue weighted by molar-refractivity contribution is 7.11. The third-order valence-electron chi connectivity index (χ3n) is 4.89. The Balaban J connectivity index is 1.51. The van der Waals surface area contributed by atoms with E-state index in [1.54, 1.807) is 18.2 Å². The Bertz CT molecular complexity index is 954. The van der Waals surface area contributed by atoms with Gasteiger partial charge in [-0.05, 0) is 36.4 Å². The summed E-state index contributed by atoms with van der Waals surface area (Å²) in [6.45, 7) is 3.83. The summed E-state index contributed by atoms with van der Waals surface area (Å²) in [5, 5.41) is 5.04. The largest absolute Gasteiger partial charge is 0.454 e. The third-order valence-corrected chi connectivity index (χ3v) is 5.78. The number of fused-ring (bicyclic) bond motifs is 1. The number of hydrogen-bond donors (Lipinski definition) is 1. The van der Waals surface area contributed by atoms with Gasteiger partial charge in [0.25, 0.3) is 11.8 Å². The van der Waals surface area contributed by atoms with Crippen molar-refractivity contribution < 1.29 is 23.8 Å². The van der Waals surface area contributed by atoms with Gasteiger partial charge in [-0.1, -0.05) is 19.4 Å². The topological polar surface area (TPSA) is 77.1 Å². The number of rotatable bonds is 10. The average Bonchev–Trinajstić information content (AvgIpc) is 3.47. The van der Waals surface area contributed by atoms with Gasteiger partial charge in [0.15, 0.2) is 11.5 Å². The number of benzene rings is 1. The van der Waals surface area contributed by atoms with Crippen LogP contribution in [0.25, 0.3) is 5.57 Å². The molecule has 30 heavy (non-hydrogen) atoms. The average molecular weight is 429 g/mol. The number of anilines is 1. The van der Waals surface area contributed by atoms with Crippen molar-refractivity contribution in [3.05, 3.63) is 46.3 Å². The van der Waals surface area contributed by atoms with E-state index in [1.807, 2.05) is 17.5 Å². The van der Waals surface area contributed by atoms with Gasteiger partial charge in [-0.15, -0.1) is 11.3 Å². The van der Waals surface area contributed by atoms with E-state index in [1.165, 1.54) is 16.2 Å². The molecule has 1 aromatic carbocycles. The number of hydrogen-bond acceptors (Lipinski definition) is 7. The fourth-order valence-electron chi connectivity index (χ4n) is 3.34. The van der Waals surface area contributed by atoms with Gasteiger partial charge >= 0.3 is 0 Å². The van der Waals surface area contributed by atoms with Crippen LogP contribution < -0.4 is 14.8 Å². The predicted molar refractivity (Wildman–Crippen MR) is 114 cm³/mol. The summed E-state index contributed by atoms with van der Waals surface area (Å²) >= 11 is 1.43. The SMILES string of the molecule is CCCCOCCCN1C(=O)C(Nc2ccc3c(c2)OCO3)=C(c2cccs2)C1=O. The number of amides is 2. The van der Waals surface area contributed by atoms with Crippen molar-refractivity contribution in [1.82, 2.24) is 4.90 Å². The fraction of sp³-hybridized carbons (Fsp3) is 0.364. The first-order chi connectivity index (χ1) is 14.7. The second-order valence-corrected chi connectivity index (χ2v) is 7.95. The molecule has 0 fully saturated rings. The zero-order valence-electron chi connectivity index (χ0n) is 16.8. The number of nitrogens with zero attached hydrogens (tertiary/aromatic N) is 1. The molecule has 0 bridgehead atoms. The predicted octanol–water partition coefficient (Wildman–Crippen LogP) is 3.88. The van der Waals surface area contributed by atoms with Gasteiger partial charge in [0.1, 0.15) is 5.70 Å². The Hall–Kier alpha value is -2.84. The maximum absolute atomic E-state index is 13.1. The van der Waals surface area contributed by atoms with Gasteiger partial charge in [0.05, 0.1) is 5.57 Å². The van der Waals surface area contributed by atoms with Crippen molar-refractivity contribution >= 4 is 34.4 Å². The second kappa shape index (κ2) is 9.32. The lowest BCUT2D eigenvalue weighted by Gasteiger charge is -2.15. The van der Waals surface area contributed by atoms with Gasteiger partial charge in [-0.25, -0.2) is 0 Å². The number of nitrogens with one attached hydrogen (secondary N) is 1. The molecule has 0 aliphatic carbocycles. The summed E-state index contributed by atoms with van der Waals surface area (Å²) in [5.74, 6) is 0.663. The second-order valence-electron chi connectivity index (χ2n) is 7.00. The van der Waals surface area contributed by atoms with Gasteiger partial charge in [0.2, 0.25) is 6.79 Å². The summed E-state index contributed by atoms with van der Waals surface area (Å²) in [6, 6.07) is 9.07. The zero-order valence-corrected chi connectivity index (χ0v) is 17.6. The molecule has 0 unspecified atom stereocenters. The number of imide groups is 1. The minimum Gasteiger partial charge on any atom is -0.454 e. The van der Waals surface area contributed by atoms with E-state index in [4.69, 9.17) is 14.2 Å². The van der Waals surface area contributed by atoms with Gasteiger partial charge < -0.3 is 19.5 Å².